The summed E-state index contributed by atoms with van der Waals surface area (Å²) >= 11 is 8.99. The van der Waals surface area contributed by atoms with Gasteiger partial charge in [0.1, 0.15) is 34.1 Å². The van der Waals surface area contributed by atoms with Crippen LogP contribution in [-0.4, -0.2) is 162 Å². The van der Waals surface area contributed by atoms with Crippen molar-refractivity contribution in [3.05, 3.63) is 23.8 Å². The second kappa shape index (κ2) is 43.7. The van der Waals surface area contributed by atoms with E-state index in [0.29, 0.717) is 212 Å². The first-order chi connectivity index (χ1) is 46.5. The number of aromatic nitrogens is 8. The molecule has 0 amide bonds. The number of hydrogen-bond acceptors (Lipinski definition) is 26. The third-order valence-electron chi connectivity index (χ3n) is 13.4. The first-order valence-electron chi connectivity index (χ1n) is 33.8. The van der Waals surface area contributed by atoms with Crippen LogP contribution in [0.15, 0.2) is 31.7 Å². The van der Waals surface area contributed by atoms with Gasteiger partial charge in [0, 0.05) is 38.5 Å². The number of ether oxygens (including phenoxy) is 8. The average molecular weight is 1440 g/mol. The molecule has 28 heteroatoms. The Kier molecular flexibility index (Phi) is 36.1. The number of fused-ring (bicyclic) bond motifs is 11. The van der Waals surface area contributed by atoms with Gasteiger partial charge in [-0.15, -0.1) is 70.6 Å². The molecule has 3 aromatic heterocycles. The number of rotatable bonds is 46. The maximum Gasteiger partial charge on any atom is 0.305 e. The minimum Gasteiger partial charge on any atom is -0.490 e. The van der Waals surface area contributed by atoms with Gasteiger partial charge in [0.25, 0.3) is 0 Å². The third kappa shape index (κ3) is 25.9. The van der Waals surface area contributed by atoms with Crippen molar-refractivity contribution in [1.82, 2.24) is 39.9 Å². The van der Waals surface area contributed by atoms with Crippen LogP contribution in [0.3, 0.4) is 0 Å². The van der Waals surface area contributed by atoms with Gasteiger partial charge in [0.2, 0.25) is 0 Å². The lowest BCUT2D eigenvalue weighted by Crippen LogP contribution is -2.09. The van der Waals surface area contributed by atoms with E-state index in [1.165, 1.54) is 70.6 Å². The van der Waals surface area contributed by atoms with E-state index in [9.17, 15) is 28.8 Å². The Morgan fingerprint density at radius 2 is 0.583 bits per heavy atom. The number of thioether (sulfide) groups is 6. The fraction of sp³-hybridized carbons (Fsp3) is 0.618. The third-order valence-corrected chi connectivity index (χ3v) is 20.8. The van der Waals surface area contributed by atoms with Gasteiger partial charge in [0.05, 0.1) is 92.4 Å². The molecular weight excluding hydrogens is 1350 g/mol. The van der Waals surface area contributed by atoms with E-state index in [2.05, 4.69) is 9.97 Å². The lowest BCUT2D eigenvalue weighted by molar-refractivity contribution is -0.144. The van der Waals surface area contributed by atoms with Crippen LogP contribution >= 0.6 is 70.6 Å². The van der Waals surface area contributed by atoms with Crippen molar-refractivity contribution >= 4 is 139 Å². The van der Waals surface area contributed by atoms with Crippen molar-refractivity contribution < 1.29 is 66.7 Å². The summed E-state index contributed by atoms with van der Waals surface area (Å²) in [5, 5.41) is 0. The van der Waals surface area contributed by atoms with Crippen molar-refractivity contribution in [2.45, 2.75) is 217 Å². The van der Waals surface area contributed by atoms with E-state index in [-0.39, 0.29) is 104 Å². The molecule has 8 bridgehead atoms. The van der Waals surface area contributed by atoms with Crippen LogP contribution in [-0.2, 0) is 57.2 Å². The van der Waals surface area contributed by atoms with Crippen molar-refractivity contribution in [1.29, 1.82) is 0 Å². The molecule has 528 valence electrons. The molecule has 0 unspecified atom stereocenters. The van der Waals surface area contributed by atoms with Gasteiger partial charge in [-0.2, -0.15) is 0 Å². The molecule has 0 spiro atoms. The van der Waals surface area contributed by atoms with Gasteiger partial charge in [-0.25, -0.2) is 29.9 Å². The molecule has 4 aromatic rings. The van der Waals surface area contributed by atoms with Gasteiger partial charge in [-0.05, 0) is 151 Å². The number of hydrogen-bond donors (Lipinski definition) is 2. The van der Waals surface area contributed by atoms with Crippen molar-refractivity contribution in [3.8, 4) is 34.3 Å². The standard InChI is InChI=1S/C68H96N8O14S6/c1-11-31-83-47(77)23-17-37-91-55-57(93-39-19-25-49(79)85-33-13-3)65-72-63(55)70-61-53-45(89-43(7)8)29-30-46(90-44(9)10)54(53)62(69-61)71-64-56(92-38-18-24-48(78)84-32-12-2)58(94-40-20-26-50(80)86-34-14-4)66(73-64)75-68-60(96-42-22-28-52(82)88-36-16-6)59(67(74-65)76-68)95-41-21-27-51(81)87-35-15-5/h29-30,43-44H,11-28,31-42H2,1-10H3,(H2,69,70,71,72,73,74,75,76). The number of nitrogens with zero attached hydrogens (tertiary/aromatic N) is 6. The van der Waals surface area contributed by atoms with Crippen molar-refractivity contribution in [2.24, 2.45) is 0 Å². The van der Waals surface area contributed by atoms with Crippen LogP contribution in [0.1, 0.15) is 196 Å². The summed E-state index contributed by atoms with van der Waals surface area (Å²) in [5.41, 5.74) is 2.73. The number of benzene rings is 1. The predicted octanol–water partition coefficient (Wildman–Crippen LogP) is 15.9. The number of nitrogens with one attached hydrogen (secondary N) is 2. The lowest BCUT2D eigenvalue weighted by Gasteiger charge is -2.17. The number of carbonyl (C=O) groups excluding carboxylic acids is 6. The molecule has 0 aliphatic carbocycles. The van der Waals surface area contributed by atoms with E-state index in [1.54, 1.807) is 0 Å². The summed E-state index contributed by atoms with van der Waals surface area (Å²) in [5.74, 6) is 3.17. The summed E-state index contributed by atoms with van der Waals surface area (Å²) in [6, 6.07) is 3.70. The van der Waals surface area contributed by atoms with Gasteiger partial charge in [0.15, 0.2) is 23.3 Å². The topological polar surface area (TPSA) is 285 Å². The molecule has 96 heavy (non-hydrogen) atoms. The molecule has 2 N–H and O–H groups in total. The minimum atomic E-state index is -0.292. The fourth-order valence-electron chi connectivity index (χ4n) is 9.13. The maximum absolute atomic E-state index is 13.0. The van der Waals surface area contributed by atoms with Crippen LogP contribution in [0.25, 0.3) is 55.2 Å². The Balaban J connectivity index is 1.76. The predicted molar refractivity (Wildman–Crippen MR) is 386 cm³/mol. The van der Waals surface area contributed by atoms with Crippen LogP contribution in [0.2, 0.25) is 0 Å². The van der Waals surface area contributed by atoms with E-state index in [0.717, 1.165) is 19.6 Å². The first kappa shape index (κ1) is 79.3. The Hall–Kier alpha value is -5.68. The molecule has 1 aromatic carbocycles. The number of esters is 6. The van der Waals surface area contributed by atoms with Crippen molar-refractivity contribution in [2.75, 3.05) is 74.2 Å². The lowest BCUT2D eigenvalue weighted by atomic mass is 10.1. The SMILES string of the molecule is CCCOC(=O)CCCSC1=C(SCCCC(=O)OCCC)c2nc1nc1nc(nc3[nH]c(nc4[nH]c(n2)c(SCCCC(=O)OCCC)c4SCCCC(=O)OCCC)c(SCCCC(=O)OCCC)c3SCCCC(=O)OCCC)-c2c(OC(C)C)ccc(OC(C)C)c2-1. The van der Waals surface area contributed by atoms with Gasteiger partial charge in [-0.3, -0.25) is 28.8 Å². The van der Waals surface area contributed by atoms with Crippen LogP contribution in [0, 0.1) is 0 Å². The summed E-state index contributed by atoms with van der Waals surface area (Å²) < 4.78 is 46.1. The van der Waals surface area contributed by atoms with Crippen molar-refractivity contribution in [3.63, 3.8) is 0 Å². The zero-order valence-electron chi connectivity index (χ0n) is 57.4. The molecule has 0 saturated carbocycles. The highest BCUT2D eigenvalue weighted by atomic mass is 32.2. The smallest absolute Gasteiger partial charge is 0.305 e. The van der Waals surface area contributed by atoms with Gasteiger partial charge >= 0.3 is 35.8 Å². The molecule has 0 saturated heterocycles. The average Bonchev–Trinajstić information content (AvgIpc) is 1.58. The molecule has 0 radical (unpaired) electrons. The van der Waals surface area contributed by atoms with E-state index < -0.39 is 0 Å². The molecule has 0 fully saturated rings. The molecular formula is C68H96N8O14S6. The summed E-state index contributed by atoms with van der Waals surface area (Å²) in [7, 11) is 0. The van der Waals surface area contributed by atoms with E-state index in [1.807, 2.05) is 81.4 Å². The maximum atomic E-state index is 13.0. The Labute approximate surface area is 590 Å². The largest absolute Gasteiger partial charge is 0.490 e. The summed E-state index contributed by atoms with van der Waals surface area (Å²) in [6.07, 6.45) is 7.65. The second-order valence-electron chi connectivity index (χ2n) is 22.8. The Morgan fingerprint density at radius 3 is 0.875 bits per heavy atom. The Morgan fingerprint density at radius 1 is 0.344 bits per heavy atom. The Bertz CT molecular complexity index is 3420. The van der Waals surface area contributed by atoms with E-state index in [4.69, 9.17) is 67.8 Å². The second-order valence-corrected chi connectivity index (χ2v) is 29.4. The highest BCUT2D eigenvalue weighted by molar-refractivity contribution is 8.13. The number of carbonyl (C=O) groups is 6. The number of aromatic amines is 2. The monoisotopic (exact) mass is 1440 g/mol. The van der Waals surface area contributed by atoms with Crippen LogP contribution in [0.4, 0.5) is 0 Å². The van der Waals surface area contributed by atoms with Gasteiger partial charge < -0.3 is 47.9 Å². The summed E-state index contributed by atoms with van der Waals surface area (Å²) in [4.78, 5) is 122. The molecule has 2 aliphatic heterocycles. The minimum absolute atomic E-state index is 0.188. The van der Waals surface area contributed by atoms with Crippen LogP contribution in [0.5, 0.6) is 11.5 Å². The van der Waals surface area contributed by atoms with Gasteiger partial charge in [-0.1, -0.05) is 41.5 Å². The molecule has 6 rings (SSSR count). The zero-order chi connectivity index (χ0) is 69.2. The van der Waals surface area contributed by atoms with E-state index >= 15 is 0 Å². The summed E-state index contributed by atoms with van der Waals surface area (Å²) in [6.45, 7) is 21.4. The molecule has 5 heterocycles. The molecule has 22 nitrogen and oxygen atoms in total. The van der Waals surface area contributed by atoms with Crippen LogP contribution < -0.4 is 9.47 Å². The highest BCUT2D eigenvalue weighted by Crippen LogP contribution is 2.50. The molecule has 0 atom stereocenters. The normalized spacial score (nSPS) is 11.9. The molecule has 2 aliphatic rings. The first-order valence-corrected chi connectivity index (χ1v) is 39.7. The zero-order valence-corrected chi connectivity index (χ0v) is 62.3. The highest BCUT2D eigenvalue weighted by Gasteiger charge is 2.32. The number of H-pyrrole nitrogens is 2. The fourth-order valence-corrected chi connectivity index (χ4v) is 15.9. The quantitative estimate of drug-likeness (QED) is 0.0158.